The third-order valence-corrected chi connectivity index (χ3v) is 1.37. The highest BCUT2D eigenvalue weighted by atomic mass is 32.1. The van der Waals surface area contributed by atoms with Crippen molar-refractivity contribution in [3.05, 3.63) is 0 Å². The van der Waals surface area contributed by atoms with Gasteiger partial charge in [-0.25, -0.2) is 0 Å². The maximum Gasteiger partial charge on any atom is 0.316 e. The maximum absolute atomic E-state index is 4.17. The number of hydrogen-bond acceptors (Lipinski definition) is 3. The van der Waals surface area contributed by atoms with Gasteiger partial charge in [-0.3, -0.25) is 0 Å². The summed E-state index contributed by atoms with van der Waals surface area (Å²) < 4.78 is 1.73. The first kappa shape index (κ1) is 6.74. The predicted molar refractivity (Wildman–Crippen MR) is 39.1 cm³/mol. The Labute approximate surface area is 59.9 Å². The van der Waals surface area contributed by atoms with Gasteiger partial charge in [-0.2, -0.15) is 0 Å². The Balaban J connectivity index is 2.96. The lowest BCUT2D eigenvalue weighted by molar-refractivity contribution is -0.447. The smallest absolute Gasteiger partial charge is 0.137 e. The van der Waals surface area contributed by atoms with E-state index in [-0.39, 0.29) is 0 Å². The third-order valence-electron chi connectivity index (χ3n) is 1.18. The van der Waals surface area contributed by atoms with Crippen LogP contribution in [0.15, 0.2) is 10.1 Å². The number of amidine groups is 1. The summed E-state index contributed by atoms with van der Waals surface area (Å²) in [6.07, 6.45) is 0. The lowest BCUT2D eigenvalue weighted by Crippen LogP contribution is -2.05. The normalized spacial score (nSPS) is 34.2. The summed E-state index contributed by atoms with van der Waals surface area (Å²) in [6.45, 7) is 3.76. The van der Waals surface area contributed by atoms with Gasteiger partial charge in [0.05, 0.1) is 0 Å². The van der Waals surface area contributed by atoms with Gasteiger partial charge in [0.2, 0.25) is 0 Å². The van der Waals surface area contributed by atoms with Crippen molar-refractivity contribution < 1.29 is 4.70 Å². The van der Waals surface area contributed by atoms with Crippen LogP contribution in [0.25, 0.3) is 0 Å². The molecular formula is C5H10N3S+. The molecule has 0 spiro atoms. The van der Waals surface area contributed by atoms with E-state index in [9.17, 15) is 0 Å². The number of azo groups is 2. The second-order valence-corrected chi connectivity index (χ2v) is 3.10. The van der Waals surface area contributed by atoms with E-state index in [0.717, 1.165) is 5.84 Å². The minimum Gasteiger partial charge on any atom is -0.137 e. The van der Waals surface area contributed by atoms with E-state index in [1.54, 1.807) is 4.70 Å². The van der Waals surface area contributed by atoms with Gasteiger partial charge in [0.1, 0.15) is 7.05 Å². The summed E-state index contributed by atoms with van der Waals surface area (Å²) in [4.78, 5) is 3.61. The highest BCUT2D eigenvalue weighted by Gasteiger charge is 2.33. The van der Waals surface area contributed by atoms with E-state index in [1.807, 2.05) is 20.9 Å². The first-order chi connectivity index (χ1) is 4.01. The largest absolute Gasteiger partial charge is 0.316 e. The van der Waals surface area contributed by atoms with Crippen LogP contribution in [-0.4, -0.2) is 22.6 Å². The van der Waals surface area contributed by atoms with Gasteiger partial charge in [-0.15, -0.1) is 4.70 Å². The first-order valence-electron chi connectivity index (χ1n) is 2.77. The van der Waals surface area contributed by atoms with E-state index in [2.05, 4.69) is 22.7 Å². The van der Waals surface area contributed by atoms with Gasteiger partial charge in [-0.05, 0) is 4.99 Å². The van der Waals surface area contributed by atoms with Gasteiger partial charge in [0.25, 0.3) is 0 Å². The van der Waals surface area contributed by atoms with Crippen LogP contribution in [0.3, 0.4) is 0 Å². The van der Waals surface area contributed by atoms with E-state index in [0.29, 0.717) is 0 Å². The van der Waals surface area contributed by atoms with E-state index < -0.39 is 4.99 Å². The van der Waals surface area contributed by atoms with Crippen molar-refractivity contribution in [2.45, 2.75) is 18.8 Å². The molecule has 4 heteroatoms. The second kappa shape index (κ2) is 1.80. The zero-order valence-corrected chi connectivity index (χ0v) is 6.68. The van der Waals surface area contributed by atoms with Crippen LogP contribution in [0, 0.1) is 0 Å². The fraction of sp³-hybridized carbons (Fsp3) is 0.800. The van der Waals surface area contributed by atoms with E-state index in [1.165, 1.54) is 0 Å². The molecule has 3 nitrogen and oxygen atoms in total. The van der Waals surface area contributed by atoms with Crippen LogP contribution in [0.5, 0.6) is 0 Å². The Bertz CT molecular complexity index is 172. The average Bonchev–Trinajstić information content (AvgIpc) is 1.79. The van der Waals surface area contributed by atoms with E-state index >= 15 is 0 Å². The Kier molecular flexibility index (Phi) is 1.35. The second-order valence-electron chi connectivity index (χ2n) is 2.25. The van der Waals surface area contributed by atoms with Crippen molar-refractivity contribution in [2.75, 3.05) is 7.05 Å². The summed E-state index contributed by atoms with van der Waals surface area (Å²) >= 11 is 4.17. The summed E-state index contributed by atoms with van der Waals surface area (Å²) in [5, 5.41) is 4.10. The summed E-state index contributed by atoms with van der Waals surface area (Å²) in [6, 6.07) is 0. The lowest BCUT2D eigenvalue weighted by Gasteiger charge is -1.93. The summed E-state index contributed by atoms with van der Waals surface area (Å²) in [5.74, 6) is 0.910. The molecule has 0 aliphatic carbocycles. The zero-order valence-electron chi connectivity index (χ0n) is 5.79. The van der Waals surface area contributed by atoms with Gasteiger partial charge >= 0.3 is 10.8 Å². The molecular weight excluding hydrogens is 134 g/mol. The van der Waals surface area contributed by atoms with Gasteiger partial charge in [0.15, 0.2) is 0 Å². The van der Waals surface area contributed by atoms with Crippen molar-refractivity contribution in [1.29, 1.82) is 0 Å². The van der Waals surface area contributed by atoms with Crippen molar-refractivity contribution in [2.24, 2.45) is 10.1 Å². The third kappa shape index (κ3) is 1.30. The number of hydrogen-bond donors (Lipinski definition) is 1. The van der Waals surface area contributed by atoms with Gasteiger partial charge in [-0.1, -0.05) is 17.7 Å². The highest BCUT2D eigenvalue weighted by molar-refractivity contribution is 7.81. The zero-order chi connectivity index (χ0) is 7.07. The van der Waals surface area contributed by atoms with Crippen molar-refractivity contribution >= 4 is 18.5 Å². The SMILES string of the molecule is CC1=NC(C)(S)N=[N+]1C. The number of rotatable bonds is 0. The Morgan fingerprint density at radius 2 is 2.22 bits per heavy atom. The number of aliphatic imine (C=N–C) groups is 1. The Morgan fingerprint density at radius 1 is 1.67 bits per heavy atom. The van der Waals surface area contributed by atoms with Gasteiger partial charge < -0.3 is 0 Å². The van der Waals surface area contributed by atoms with Crippen LogP contribution in [0.1, 0.15) is 13.8 Å². The molecule has 0 amide bonds. The topological polar surface area (TPSA) is 27.7 Å². The molecule has 1 rings (SSSR count). The Hall–Kier alpha value is -0.380. The molecule has 0 aromatic carbocycles. The maximum atomic E-state index is 4.17. The summed E-state index contributed by atoms with van der Waals surface area (Å²) in [5.41, 5.74) is 0. The molecule has 0 N–H and O–H groups in total. The van der Waals surface area contributed by atoms with Crippen LogP contribution in [-0.2, 0) is 0 Å². The Morgan fingerprint density at radius 3 is 2.33 bits per heavy atom. The average molecular weight is 144 g/mol. The molecule has 9 heavy (non-hydrogen) atoms. The summed E-state index contributed by atoms with van der Waals surface area (Å²) in [7, 11) is 1.86. The molecule has 1 heterocycles. The fourth-order valence-electron chi connectivity index (χ4n) is 0.758. The van der Waals surface area contributed by atoms with Crippen molar-refractivity contribution in [1.82, 2.24) is 0 Å². The first-order valence-corrected chi connectivity index (χ1v) is 3.21. The molecule has 50 valence electrons. The van der Waals surface area contributed by atoms with E-state index in [4.69, 9.17) is 0 Å². The quantitative estimate of drug-likeness (QED) is 0.390. The molecule has 1 atom stereocenters. The number of nitrogens with zero attached hydrogens (tertiary/aromatic N) is 3. The lowest BCUT2D eigenvalue weighted by atomic mass is 10.6. The molecule has 1 aliphatic rings. The van der Waals surface area contributed by atoms with Crippen molar-refractivity contribution in [3.63, 3.8) is 0 Å². The molecule has 1 aliphatic heterocycles. The molecule has 0 aromatic rings. The molecule has 0 saturated heterocycles. The number of thiol groups is 1. The van der Waals surface area contributed by atoms with Crippen LogP contribution >= 0.6 is 12.6 Å². The minimum atomic E-state index is -0.529. The fourth-order valence-corrected chi connectivity index (χ4v) is 1.04. The molecule has 0 saturated carbocycles. The van der Waals surface area contributed by atoms with Gasteiger partial charge in [0, 0.05) is 13.8 Å². The van der Waals surface area contributed by atoms with Crippen LogP contribution in [0.4, 0.5) is 0 Å². The molecule has 0 aromatic heterocycles. The van der Waals surface area contributed by atoms with Crippen molar-refractivity contribution in [3.8, 4) is 0 Å². The molecule has 0 fully saturated rings. The molecule has 1 unspecified atom stereocenters. The van der Waals surface area contributed by atoms with Crippen LogP contribution < -0.4 is 0 Å². The monoisotopic (exact) mass is 144 g/mol. The molecule has 0 bridgehead atoms. The highest BCUT2D eigenvalue weighted by Crippen LogP contribution is 2.21. The minimum absolute atomic E-state index is 0.529. The molecule has 0 radical (unpaired) electrons. The van der Waals surface area contributed by atoms with Crippen LogP contribution in [0.2, 0.25) is 0 Å². The predicted octanol–water partition coefficient (Wildman–Crippen LogP) is 1.12. The standard InChI is InChI=1S/C5H9N3S/c1-4-6-5(2,9)7-8(4)3/h1-3H3/p+1.